The number of rotatable bonds is 3. The predicted octanol–water partition coefficient (Wildman–Crippen LogP) is 4.98. The Hall–Kier alpha value is -1.56. The molecule has 1 nitrogen and oxygen atoms in total. The first kappa shape index (κ1) is 13.9. The summed E-state index contributed by atoms with van der Waals surface area (Å²) in [4.78, 5) is 0. The molecule has 1 atom stereocenters. The van der Waals surface area contributed by atoms with Crippen LogP contribution in [-0.2, 0) is 6.42 Å². The van der Waals surface area contributed by atoms with Crippen molar-refractivity contribution in [2.45, 2.75) is 12.3 Å². The van der Waals surface area contributed by atoms with E-state index in [9.17, 15) is 9.65 Å². The summed E-state index contributed by atoms with van der Waals surface area (Å²) in [5, 5.41) is 10.2. The Morgan fingerprint density at radius 3 is 2.32 bits per heavy atom. The highest BCUT2D eigenvalue weighted by Gasteiger charge is 2.18. The lowest BCUT2D eigenvalue weighted by molar-refractivity contribution is 0.624. The van der Waals surface area contributed by atoms with Crippen LogP contribution < -0.4 is 0 Å². The van der Waals surface area contributed by atoms with Gasteiger partial charge in [0.2, 0.25) is 0 Å². The molecule has 0 heterocycles. The van der Waals surface area contributed by atoms with Gasteiger partial charge in [0, 0.05) is 15.6 Å². The van der Waals surface area contributed by atoms with Gasteiger partial charge in [0.25, 0.3) is 0 Å². The summed E-state index contributed by atoms with van der Waals surface area (Å²) >= 11 is 12.2. The SMILES string of the molecule is N#CC(Cc1cccc(F)c1)c1c(Cl)cccc1Cl. The van der Waals surface area contributed by atoms with Gasteiger partial charge in [-0.1, -0.05) is 41.4 Å². The maximum Gasteiger partial charge on any atom is 0.123 e. The third kappa shape index (κ3) is 3.26. The summed E-state index contributed by atoms with van der Waals surface area (Å²) in [7, 11) is 0. The number of nitrogens with zero attached hydrogens (tertiary/aromatic N) is 1. The third-order valence-corrected chi connectivity index (χ3v) is 3.49. The Balaban J connectivity index is 2.34. The average Bonchev–Trinajstić information content (AvgIpc) is 2.37. The van der Waals surface area contributed by atoms with E-state index in [1.165, 1.54) is 12.1 Å². The monoisotopic (exact) mass is 293 g/mol. The number of hydrogen-bond donors (Lipinski definition) is 0. The molecule has 0 aliphatic rings. The molecule has 96 valence electrons. The molecule has 0 saturated heterocycles. The standard InChI is InChI=1S/C15H10Cl2FN/c16-13-5-2-6-14(17)15(13)11(9-19)7-10-3-1-4-12(18)8-10/h1-6,8,11H,7H2. The molecule has 19 heavy (non-hydrogen) atoms. The number of halogens is 3. The smallest absolute Gasteiger partial charge is 0.123 e. The minimum Gasteiger partial charge on any atom is -0.207 e. The van der Waals surface area contributed by atoms with Gasteiger partial charge in [-0.2, -0.15) is 5.26 Å². The van der Waals surface area contributed by atoms with Crippen LogP contribution in [-0.4, -0.2) is 0 Å². The first-order chi connectivity index (χ1) is 9.11. The topological polar surface area (TPSA) is 23.8 Å². The van der Waals surface area contributed by atoms with Crippen LogP contribution in [0.2, 0.25) is 10.0 Å². The second-order valence-corrected chi connectivity index (χ2v) is 4.97. The molecule has 0 bridgehead atoms. The maximum absolute atomic E-state index is 13.1. The van der Waals surface area contributed by atoms with Crippen LogP contribution in [0, 0.1) is 17.1 Å². The van der Waals surface area contributed by atoms with Gasteiger partial charge < -0.3 is 0 Å². The van der Waals surface area contributed by atoms with E-state index in [2.05, 4.69) is 6.07 Å². The second-order valence-electron chi connectivity index (χ2n) is 4.15. The molecule has 0 aromatic heterocycles. The Morgan fingerprint density at radius 2 is 1.74 bits per heavy atom. The Kier molecular flexibility index (Phi) is 4.42. The van der Waals surface area contributed by atoms with Crippen molar-refractivity contribution in [1.82, 2.24) is 0 Å². The molecule has 0 radical (unpaired) electrons. The van der Waals surface area contributed by atoms with Gasteiger partial charge >= 0.3 is 0 Å². The maximum atomic E-state index is 13.1. The van der Waals surface area contributed by atoms with Crippen molar-refractivity contribution >= 4 is 23.2 Å². The van der Waals surface area contributed by atoms with Crippen LogP contribution in [0.3, 0.4) is 0 Å². The lowest BCUT2D eigenvalue weighted by Crippen LogP contribution is -2.02. The van der Waals surface area contributed by atoms with E-state index in [0.717, 1.165) is 5.56 Å². The van der Waals surface area contributed by atoms with Crippen molar-refractivity contribution in [3.63, 3.8) is 0 Å². The normalized spacial score (nSPS) is 11.9. The van der Waals surface area contributed by atoms with E-state index in [1.54, 1.807) is 30.3 Å². The molecular weight excluding hydrogens is 284 g/mol. The molecule has 0 spiro atoms. The van der Waals surface area contributed by atoms with Crippen molar-refractivity contribution in [1.29, 1.82) is 5.26 Å². The van der Waals surface area contributed by atoms with Gasteiger partial charge in [-0.3, -0.25) is 0 Å². The summed E-state index contributed by atoms with van der Waals surface area (Å²) in [5.74, 6) is -0.817. The van der Waals surface area contributed by atoms with E-state index in [1.807, 2.05) is 0 Å². The molecule has 2 aromatic carbocycles. The molecular formula is C15H10Cl2FN. The highest BCUT2D eigenvalue weighted by atomic mass is 35.5. The lowest BCUT2D eigenvalue weighted by atomic mass is 9.93. The number of benzene rings is 2. The fourth-order valence-corrected chi connectivity index (χ4v) is 2.62. The molecule has 4 heteroatoms. The summed E-state index contributed by atoms with van der Waals surface area (Å²) in [6.07, 6.45) is 0.373. The van der Waals surface area contributed by atoms with Crippen LogP contribution in [0.5, 0.6) is 0 Å². The van der Waals surface area contributed by atoms with E-state index < -0.39 is 5.92 Å². The third-order valence-electron chi connectivity index (χ3n) is 2.83. The van der Waals surface area contributed by atoms with Crippen LogP contribution in [0.1, 0.15) is 17.0 Å². The van der Waals surface area contributed by atoms with Gasteiger partial charge in [0.1, 0.15) is 5.82 Å². The zero-order chi connectivity index (χ0) is 13.8. The van der Waals surface area contributed by atoms with E-state index in [-0.39, 0.29) is 5.82 Å². The van der Waals surface area contributed by atoms with Gasteiger partial charge in [0.05, 0.1) is 12.0 Å². The fourth-order valence-electron chi connectivity index (χ4n) is 1.96. The van der Waals surface area contributed by atoms with Crippen molar-refractivity contribution in [3.05, 3.63) is 69.5 Å². The zero-order valence-corrected chi connectivity index (χ0v) is 11.4. The van der Waals surface area contributed by atoms with Gasteiger partial charge in [-0.15, -0.1) is 0 Å². The second kappa shape index (κ2) is 6.06. The summed E-state index contributed by atoms with van der Waals surface area (Å²) in [6.45, 7) is 0. The van der Waals surface area contributed by atoms with E-state index >= 15 is 0 Å². The highest BCUT2D eigenvalue weighted by Crippen LogP contribution is 2.33. The molecule has 2 aromatic rings. The molecule has 1 unspecified atom stereocenters. The highest BCUT2D eigenvalue weighted by molar-refractivity contribution is 6.36. The Labute approximate surface area is 121 Å². The molecule has 0 N–H and O–H groups in total. The van der Waals surface area contributed by atoms with E-state index in [0.29, 0.717) is 22.0 Å². The first-order valence-corrected chi connectivity index (χ1v) is 6.45. The van der Waals surface area contributed by atoms with Crippen LogP contribution in [0.4, 0.5) is 4.39 Å². The number of nitriles is 1. The molecule has 0 amide bonds. The lowest BCUT2D eigenvalue weighted by Gasteiger charge is -2.13. The molecule has 2 rings (SSSR count). The molecule has 0 aliphatic carbocycles. The molecule has 0 aliphatic heterocycles. The van der Waals surface area contributed by atoms with Crippen molar-refractivity contribution in [3.8, 4) is 6.07 Å². The van der Waals surface area contributed by atoms with Gasteiger partial charge in [0.15, 0.2) is 0 Å². The fraction of sp³-hybridized carbons (Fsp3) is 0.133. The largest absolute Gasteiger partial charge is 0.207 e. The van der Waals surface area contributed by atoms with Crippen molar-refractivity contribution in [2.24, 2.45) is 0 Å². The van der Waals surface area contributed by atoms with Crippen molar-refractivity contribution in [2.75, 3.05) is 0 Å². The molecule has 0 saturated carbocycles. The molecule has 0 fully saturated rings. The van der Waals surface area contributed by atoms with Crippen LogP contribution in [0.25, 0.3) is 0 Å². The summed E-state index contributed by atoms with van der Waals surface area (Å²) < 4.78 is 13.1. The Morgan fingerprint density at radius 1 is 1.11 bits per heavy atom. The summed E-state index contributed by atoms with van der Waals surface area (Å²) in [5.41, 5.74) is 1.33. The van der Waals surface area contributed by atoms with Gasteiger partial charge in [-0.05, 0) is 36.2 Å². The predicted molar refractivity (Wildman–Crippen MR) is 74.9 cm³/mol. The van der Waals surface area contributed by atoms with E-state index in [4.69, 9.17) is 23.2 Å². The minimum atomic E-state index is -0.497. The quantitative estimate of drug-likeness (QED) is 0.783. The Bertz CT molecular complexity index is 614. The van der Waals surface area contributed by atoms with Crippen LogP contribution >= 0.6 is 23.2 Å². The first-order valence-electron chi connectivity index (χ1n) is 5.70. The minimum absolute atomic E-state index is 0.320. The van der Waals surface area contributed by atoms with Gasteiger partial charge in [-0.25, -0.2) is 4.39 Å². The van der Waals surface area contributed by atoms with Crippen molar-refractivity contribution < 1.29 is 4.39 Å². The number of hydrogen-bond acceptors (Lipinski definition) is 1. The zero-order valence-electron chi connectivity index (χ0n) is 9.91. The summed E-state index contributed by atoms with van der Waals surface area (Å²) in [6, 6.07) is 13.5. The average molecular weight is 294 g/mol. The van der Waals surface area contributed by atoms with Crippen LogP contribution in [0.15, 0.2) is 42.5 Å².